The van der Waals surface area contributed by atoms with Crippen LogP contribution in [0.15, 0.2) is 12.7 Å². The minimum absolute atomic E-state index is 0.0139. The lowest BCUT2D eigenvalue weighted by Gasteiger charge is -2.48. The molecule has 2 aliphatic heterocycles. The largest absolute Gasteiger partial charge is 0.379 e. The molecule has 0 saturated carbocycles. The number of hydrogen-bond acceptors (Lipinski definition) is 4. The van der Waals surface area contributed by atoms with Crippen LogP contribution in [0.2, 0.25) is 0 Å². The van der Waals surface area contributed by atoms with Gasteiger partial charge in [0, 0.05) is 32.2 Å². The Labute approximate surface area is 95.8 Å². The molecular weight excluding hydrogens is 206 g/mol. The molecule has 0 aromatic heterocycles. The summed E-state index contributed by atoms with van der Waals surface area (Å²) in [5, 5.41) is 0. The van der Waals surface area contributed by atoms with Gasteiger partial charge in [-0.25, -0.2) is 0 Å². The van der Waals surface area contributed by atoms with E-state index < -0.39 is 0 Å². The third kappa shape index (κ3) is 2.26. The van der Waals surface area contributed by atoms with Crippen LogP contribution in [0.25, 0.3) is 0 Å². The molecule has 2 N–H and O–H groups in total. The average Bonchev–Trinajstić information content (AvgIpc) is 2.33. The summed E-state index contributed by atoms with van der Waals surface area (Å²) in [5.41, 5.74) is 5.94. The summed E-state index contributed by atoms with van der Waals surface area (Å²) in [6, 6.07) is 0.246. The highest BCUT2D eigenvalue weighted by Crippen LogP contribution is 2.18. The fourth-order valence-corrected chi connectivity index (χ4v) is 2.23. The molecule has 0 aliphatic carbocycles. The van der Waals surface area contributed by atoms with E-state index in [-0.39, 0.29) is 18.0 Å². The minimum Gasteiger partial charge on any atom is -0.379 e. The van der Waals surface area contributed by atoms with Gasteiger partial charge in [-0.15, -0.1) is 0 Å². The van der Waals surface area contributed by atoms with Crippen LogP contribution in [0, 0.1) is 0 Å². The summed E-state index contributed by atoms with van der Waals surface area (Å²) in [6.45, 7) is 8.42. The number of carbonyl (C=O) groups is 1. The number of morpholine rings is 1. The molecule has 2 fully saturated rings. The van der Waals surface area contributed by atoms with Gasteiger partial charge in [0.15, 0.2) is 0 Å². The maximum Gasteiger partial charge on any atom is 0.246 e. The SMILES string of the molecule is C=CC(=O)N1CC(N)C1CN1CCOCC1. The third-order valence-electron chi connectivity index (χ3n) is 3.31. The van der Waals surface area contributed by atoms with E-state index in [4.69, 9.17) is 10.5 Å². The number of amides is 1. The highest BCUT2D eigenvalue weighted by atomic mass is 16.5. The zero-order valence-corrected chi connectivity index (χ0v) is 9.47. The second-order valence-corrected chi connectivity index (χ2v) is 4.34. The van der Waals surface area contributed by atoms with Gasteiger partial charge in [-0.2, -0.15) is 0 Å². The Morgan fingerprint density at radius 1 is 1.50 bits per heavy atom. The van der Waals surface area contributed by atoms with Gasteiger partial charge in [0.25, 0.3) is 0 Å². The van der Waals surface area contributed by atoms with Gasteiger partial charge in [0.05, 0.1) is 19.3 Å². The maximum absolute atomic E-state index is 11.5. The number of hydrogen-bond donors (Lipinski definition) is 1. The summed E-state index contributed by atoms with van der Waals surface area (Å²) in [5.74, 6) is -0.0139. The maximum atomic E-state index is 11.5. The zero-order chi connectivity index (χ0) is 11.5. The van der Waals surface area contributed by atoms with Crippen molar-refractivity contribution in [3.05, 3.63) is 12.7 Å². The summed E-state index contributed by atoms with van der Waals surface area (Å²) in [6.07, 6.45) is 1.36. The van der Waals surface area contributed by atoms with E-state index in [0.717, 1.165) is 32.8 Å². The zero-order valence-electron chi connectivity index (χ0n) is 9.47. The first-order chi connectivity index (χ1) is 7.72. The highest BCUT2D eigenvalue weighted by Gasteiger charge is 2.39. The predicted molar refractivity (Wildman–Crippen MR) is 60.9 cm³/mol. The lowest BCUT2D eigenvalue weighted by molar-refractivity contribution is -0.136. The van der Waals surface area contributed by atoms with Crippen molar-refractivity contribution in [3.63, 3.8) is 0 Å². The summed E-state index contributed by atoms with van der Waals surface area (Å²) >= 11 is 0. The van der Waals surface area contributed by atoms with E-state index in [0.29, 0.717) is 6.54 Å². The number of carbonyl (C=O) groups excluding carboxylic acids is 1. The lowest BCUT2D eigenvalue weighted by atomic mass is 9.96. The fraction of sp³-hybridized carbons (Fsp3) is 0.727. The Morgan fingerprint density at radius 3 is 2.75 bits per heavy atom. The Bertz CT molecular complexity index is 276. The van der Waals surface area contributed by atoms with Crippen LogP contribution in [0.1, 0.15) is 0 Å². The van der Waals surface area contributed by atoms with Gasteiger partial charge in [-0.05, 0) is 6.08 Å². The summed E-state index contributed by atoms with van der Waals surface area (Å²) < 4.78 is 5.29. The quantitative estimate of drug-likeness (QED) is 0.629. The van der Waals surface area contributed by atoms with Crippen LogP contribution in [-0.4, -0.2) is 67.2 Å². The average molecular weight is 225 g/mol. The molecule has 0 spiro atoms. The molecule has 0 aromatic rings. The Morgan fingerprint density at radius 2 is 2.19 bits per heavy atom. The van der Waals surface area contributed by atoms with E-state index in [2.05, 4.69) is 11.5 Å². The molecule has 1 amide bonds. The molecule has 2 atom stereocenters. The Balaban J connectivity index is 1.86. The van der Waals surface area contributed by atoms with Crippen LogP contribution in [-0.2, 0) is 9.53 Å². The molecule has 0 aromatic carbocycles. The smallest absolute Gasteiger partial charge is 0.246 e. The van der Waals surface area contributed by atoms with Crippen molar-refractivity contribution in [1.29, 1.82) is 0 Å². The first kappa shape index (κ1) is 11.6. The monoisotopic (exact) mass is 225 g/mol. The van der Waals surface area contributed by atoms with Crippen molar-refractivity contribution >= 4 is 5.91 Å². The lowest BCUT2D eigenvalue weighted by Crippen LogP contribution is -2.69. The van der Waals surface area contributed by atoms with E-state index >= 15 is 0 Å². The highest BCUT2D eigenvalue weighted by molar-refractivity contribution is 5.88. The molecule has 0 radical (unpaired) electrons. The molecule has 5 heteroatoms. The van der Waals surface area contributed by atoms with Crippen molar-refractivity contribution in [2.75, 3.05) is 39.4 Å². The van der Waals surface area contributed by atoms with Gasteiger partial charge in [0.1, 0.15) is 0 Å². The summed E-state index contributed by atoms with van der Waals surface area (Å²) in [4.78, 5) is 15.6. The minimum atomic E-state index is -0.0139. The van der Waals surface area contributed by atoms with Gasteiger partial charge < -0.3 is 15.4 Å². The molecule has 2 aliphatic rings. The number of rotatable bonds is 3. The van der Waals surface area contributed by atoms with Crippen molar-refractivity contribution in [2.24, 2.45) is 5.73 Å². The molecule has 2 unspecified atom stereocenters. The van der Waals surface area contributed by atoms with Crippen LogP contribution < -0.4 is 5.73 Å². The molecule has 0 bridgehead atoms. The standard InChI is InChI=1S/C11H19N3O2/c1-2-11(15)14-7-9(12)10(14)8-13-3-5-16-6-4-13/h2,9-10H,1,3-8,12H2. The van der Waals surface area contributed by atoms with E-state index in [9.17, 15) is 4.79 Å². The molecule has 2 saturated heterocycles. The van der Waals surface area contributed by atoms with E-state index in [1.165, 1.54) is 6.08 Å². The molecule has 16 heavy (non-hydrogen) atoms. The van der Waals surface area contributed by atoms with Crippen molar-refractivity contribution in [1.82, 2.24) is 9.80 Å². The first-order valence-electron chi connectivity index (χ1n) is 5.71. The van der Waals surface area contributed by atoms with Crippen LogP contribution in [0.3, 0.4) is 0 Å². The summed E-state index contributed by atoms with van der Waals surface area (Å²) in [7, 11) is 0. The van der Waals surface area contributed by atoms with Crippen molar-refractivity contribution in [3.8, 4) is 0 Å². The second kappa shape index (κ2) is 4.95. The molecule has 90 valence electrons. The van der Waals surface area contributed by atoms with Gasteiger partial charge in [0.2, 0.25) is 5.91 Å². The van der Waals surface area contributed by atoms with Gasteiger partial charge in [-0.1, -0.05) is 6.58 Å². The normalized spacial score (nSPS) is 30.9. The second-order valence-electron chi connectivity index (χ2n) is 4.34. The topological polar surface area (TPSA) is 58.8 Å². The fourth-order valence-electron chi connectivity index (χ4n) is 2.23. The number of ether oxygens (including phenoxy) is 1. The van der Waals surface area contributed by atoms with Crippen LogP contribution in [0.4, 0.5) is 0 Å². The van der Waals surface area contributed by atoms with Crippen LogP contribution in [0.5, 0.6) is 0 Å². The first-order valence-corrected chi connectivity index (χ1v) is 5.71. The Kier molecular flexibility index (Phi) is 3.58. The van der Waals surface area contributed by atoms with Gasteiger partial charge >= 0.3 is 0 Å². The van der Waals surface area contributed by atoms with Gasteiger partial charge in [-0.3, -0.25) is 9.69 Å². The molecular formula is C11H19N3O2. The van der Waals surface area contributed by atoms with E-state index in [1.54, 1.807) is 4.90 Å². The predicted octanol–water partition coefficient (Wildman–Crippen LogP) is -0.957. The van der Waals surface area contributed by atoms with Crippen LogP contribution >= 0.6 is 0 Å². The van der Waals surface area contributed by atoms with Crippen molar-refractivity contribution in [2.45, 2.75) is 12.1 Å². The Hall–Kier alpha value is -0.910. The number of nitrogens with zero attached hydrogens (tertiary/aromatic N) is 2. The van der Waals surface area contributed by atoms with E-state index in [1.807, 2.05) is 0 Å². The molecule has 2 rings (SSSR count). The number of likely N-dealkylation sites (tertiary alicyclic amines) is 1. The third-order valence-corrected chi connectivity index (χ3v) is 3.31. The molecule has 5 nitrogen and oxygen atoms in total. The van der Waals surface area contributed by atoms with Crippen molar-refractivity contribution < 1.29 is 9.53 Å². The molecule has 2 heterocycles. The number of nitrogens with two attached hydrogens (primary N) is 1.